The Balaban J connectivity index is 1.69. The van der Waals surface area contributed by atoms with Crippen molar-refractivity contribution in [2.75, 3.05) is 20.6 Å². The van der Waals surface area contributed by atoms with E-state index >= 15 is 0 Å². The lowest BCUT2D eigenvalue weighted by molar-refractivity contribution is -0.121. The largest absolute Gasteiger partial charge is 0.459 e. The van der Waals surface area contributed by atoms with Crippen LogP contribution < -0.4 is 10.6 Å². The van der Waals surface area contributed by atoms with E-state index in [1.54, 1.807) is 18.2 Å². The molecule has 2 aromatic heterocycles. The second kappa shape index (κ2) is 8.97. The van der Waals surface area contributed by atoms with Crippen molar-refractivity contribution in [1.82, 2.24) is 14.9 Å². The molecule has 0 saturated heterocycles. The molecule has 2 N–H and O–H groups in total. The van der Waals surface area contributed by atoms with Gasteiger partial charge in [-0.05, 0) is 30.7 Å². The maximum atomic E-state index is 12.0. The fraction of sp³-hybridized carbons (Fsp3) is 0.375. The quantitative estimate of drug-likeness (QED) is 0.620. The van der Waals surface area contributed by atoms with Crippen LogP contribution in [0.5, 0.6) is 0 Å². The molecule has 2 aromatic rings. The zero-order chi connectivity index (χ0) is 19.2. The van der Waals surface area contributed by atoms with Gasteiger partial charge in [-0.25, -0.2) is 12.7 Å². The summed E-state index contributed by atoms with van der Waals surface area (Å²) >= 11 is 1.13. The van der Waals surface area contributed by atoms with Crippen LogP contribution in [0.25, 0.3) is 0 Å². The van der Waals surface area contributed by atoms with Gasteiger partial charge < -0.3 is 15.1 Å². The van der Waals surface area contributed by atoms with Crippen molar-refractivity contribution < 1.29 is 22.4 Å². The molecule has 0 spiro atoms. The number of hydrogen-bond acceptors (Lipinski definition) is 6. The topological polar surface area (TPSA) is 109 Å². The number of rotatable bonds is 9. The maximum Gasteiger partial charge on any atom is 0.286 e. The Morgan fingerprint density at radius 1 is 1.19 bits per heavy atom. The summed E-state index contributed by atoms with van der Waals surface area (Å²) < 4.78 is 30.4. The Hall–Kier alpha value is -2.17. The third kappa shape index (κ3) is 5.41. The minimum atomic E-state index is -3.45. The standard InChI is InChI=1S/C16H21N3O5S2/c1-19(2)26(22,23)15-8-7-12(25-15)11-18-14(20)6-3-9-17-16(21)13-5-4-10-24-13/h4-5,7-8,10H,3,6,9,11H2,1-2H3,(H,17,21)(H,18,20). The van der Waals surface area contributed by atoms with Gasteiger partial charge in [0, 0.05) is 31.9 Å². The molecule has 0 aliphatic carbocycles. The van der Waals surface area contributed by atoms with E-state index in [9.17, 15) is 18.0 Å². The molecule has 2 rings (SSSR count). The fourth-order valence-corrected chi connectivity index (χ4v) is 4.46. The highest BCUT2D eigenvalue weighted by Gasteiger charge is 2.19. The minimum absolute atomic E-state index is 0.164. The van der Waals surface area contributed by atoms with Crippen molar-refractivity contribution in [3.63, 3.8) is 0 Å². The van der Waals surface area contributed by atoms with Gasteiger partial charge in [0.25, 0.3) is 15.9 Å². The number of nitrogens with one attached hydrogen (secondary N) is 2. The summed E-state index contributed by atoms with van der Waals surface area (Å²) in [4.78, 5) is 24.2. The Morgan fingerprint density at radius 3 is 2.62 bits per heavy atom. The summed E-state index contributed by atoms with van der Waals surface area (Å²) in [5.74, 6) is -0.248. The van der Waals surface area contributed by atoms with Gasteiger partial charge in [0.15, 0.2) is 5.76 Å². The molecule has 10 heteroatoms. The number of furan rings is 1. The van der Waals surface area contributed by atoms with Crippen LogP contribution in [0.3, 0.4) is 0 Å². The van der Waals surface area contributed by atoms with Crippen LogP contribution in [0.1, 0.15) is 28.3 Å². The predicted octanol–water partition coefficient (Wildman–Crippen LogP) is 1.42. The molecule has 0 saturated carbocycles. The first-order chi connectivity index (χ1) is 12.3. The number of amides is 2. The number of sulfonamides is 1. The van der Waals surface area contributed by atoms with E-state index in [-0.39, 0.29) is 34.7 Å². The van der Waals surface area contributed by atoms with Crippen LogP contribution in [-0.2, 0) is 21.4 Å². The number of nitrogens with zero attached hydrogens (tertiary/aromatic N) is 1. The third-order valence-corrected chi connectivity index (χ3v) is 6.81. The Morgan fingerprint density at radius 2 is 1.96 bits per heavy atom. The average molecular weight is 399 g/mol. The van der Waals surface area contributed by atoms with Crippen molar-refractivity contribution in [3.8, 4) is 0 Å². The van der Waals surface area contributed by atoms with E-state index < -0.39 is 10.0 Å². The van der Waals surface area contributed by atoms with Crippen molar-refractivity contribution in [3.05, 3.63) is 41.2 Å². The molecule has 0 aromatic carbocycles. The first-order valence-corrected chi connectivity index (χ1v) is 10.2. The van der Waals surface area contributed by atoms with Crippen LogP contribution in [0.2, 0.25) is 0 Å². The zero-order valence-corrected chi connectivity index (χ0v) is 16.2. The van der Waals surface area contributed by atoms with Gasteiger partial charge in [-0.3, -0.25) is 9.59 Å². The highest BCUT2D eigenvalue weighted by Crippen LogP contribution is 2.23. The van der Waals surface area contributed by atoms with Gasteiger partial charge >= 0.3 is 0 Å². The van der Waals surface area contributed by atoms with Gasteiger partial charge in [-0.15, -0.1) is 11.3 Å². The number of hydrogen-bond donors (Lipinski definition) is 2. The first kappa shape index (κ1) is 20.1. The molecule has 0 unspecified atom stereocenters. The molecule has 0 fully saturated rings. The summed E-state index contributed by atoms with van der Waals surface area (Å²) in [6, 6.07) is 6.41. The lowest BCUT2D eigenvalue weighted by Crippen LogP contribution is -2.27. The molecule has 0 bridgehead atoms. The monoisotopic (exact) mass is 399 g/mol. The molecular formula is C16H21N3O5S2. The summed E-state index contributed by atoms with van der Waals surface area (Å²) in [5, 5.41) is 5.40. The van der Waals surface area contributed by atoms with E-state index in [1.165, 1.54) is 26.4 Å². The van der Waals surface area contributed by atoms with Gasteiger partial charge in [-0.1, -0.05) is 0 Å². The van der Waals surface area contributed by atoms with E-state index in [0.717, 1.165) is 20.5 Å². The number of carbonyl (C=O) groups excluding carboxylic acids is 2. The fourth-order valence-electron chi connectivity index (χ4n) is 1.99. The molecule has 0 aliphatic rings. The maximum absolute atomic E-state index is 12.0. The zero-order valence-electron chi connectivity index (χ0n) is 14.5. The third-order valence-electron chi connectivity index (χ3n) is 3.44. The summed E-state index contributed by atoms with van der Waals surface area (Å²) in [6.45, 7) is 0.627. The molecule has 2 amide bonds. The summed E-state index contributed by atoms with van der Waals surface area (Å²) in [5.41, 5.74) is 0. The Bertz CT molecular complexity index is 841. The van der Waals surface area contributed by atoms with Crippen molar-refractivity contribution in [2.24, 2.45) is 0 Å². The van der Waals surface area contributed by atoms with Crippen molar-refractivity contribution in [2.45, 2.75) is 23.6 Å². The van der Waals surface area contributed by atoms with Gasteiger partial charge in [0.1, 0.15) is 4.21 Å². The number of thiophene rings is 1. The molecule has 0 radical (unpaired) electrons. The lowest BCUT2D eigenvalue weighted by atomic mass is 10.3. The van der Waals surface area contributed by atoms with Gasteiger partial charge in [0.05, 0.1) is 12.8 Å². The lowest BCUT2D eigenvalue weighted by Gasteiger charge is -2.08. The van der Waals surface area contributed by atoms with E-state index in [4.69, 9.17) is 4.42 Å². The van der Waals surface area contributed by atoms with Crippen LogP contribution in [0, 0.1) is 0 Å². The second-order valence-electron chi connectivity index (χ2n) is 5.62. The van der Waals surface area contributed by atoms with Crippen molar-refractivity contribution in [1.29, 1.82) is 0 Å². The first-order valence-electron chi connectivity index (χ1n) is 7.90. The highest BCUT2D eigenvalue weighted by molar-refractivity contribution is 7.91. The summed E-state index contributed by atoms with van der Waals surface area (Å²) in [6.07, 6.45) is 2.16. The van der Waals surface area contributed by atoms with Gasteiger partial charge in [-0.2, -0.15) is 0 Å². The molecule has 26 heavy (non-hydrogen) atoms. The van der Waals surface area contributed by atoms with Crippen LogP contribution in [0.4, 0.5) is 0 Å². The Kier molecular flexibility index (Phi) is 6.95. The van der Waals surface area contributed by atoms with Crippen LogP contribution in [0.15, 0.2) is 39.2 Å². The molecule has 8 nitrogen and oxygen atoms in total. The molecule has 0 aliphatic heterocycles. The highest BCUT2D eigenvalue weighted by atomic mass is 32.2. The van der Waals surface area contributed by atoms with Crippen molar-refractivity contribution >= 4 is 33.2 Å². The second-order valence-corrected chi connectivity index (χ2v) is 9.17. The van der Waals surface area contributed by atoms with E-state index in [2.05, 4.69) is 10.6 Å². The smallest absolute Gasteiger partial charge is 0.286 e. The normalized spacial score (nSPS) is 11.5. The molecule has 0 atom stereocenters. The molecular weight excluding hydrogens is 378 g/mol. The predicted molar refractivity (Wildman–Crippen MR) is 97.3 cm³/mol. The van der Waals surface area contributed by atoms with Crippen LogP contribution >= 0.6 is 11.3 Å². The van der Waals surface area contributed by atoms with Crippen LogP contribution in [-0.4, -0.2) is 45.2 Å². The van der Waals surface area contributed by atoms with E-state index in [1.807, 2.05) is 0 Å². The minimum Gasteiger partial charge on any atom is -0.459 e. The Labute approximate surface area is 156 Å². The molecule has 2 heterocycles. The number of carbonyl (C=O) groups is 2. The average Bonchev–Trinajstić information content (AvgIpc) is 3.28. The van der Waals surface area contributed by atoms with E-state index in [0.29, 0.717) is 13.0 Å². The van der Waals surface area contributed by atoms with Gasteiger partial charge in [0.2, 0.25) is 5.91 Å². The summed E-state index contributed by atoms with van der Waals surface area (Å²) in [7, 11) is -0.501. The SMILES string of the molecule is CN(C)S(=O)(=O)c1ccc(CNC(=O)CCCNC(=O)c2ccco2)s1. The molecule has 142 valence electrons.